The number of halogens is 2. The van der Waals surface area contributed by atoms with Gasteiger partial charge in [-0.3, -0.25) is 14.5 Å². The molecule has 2 unspecified atom stereocenters. The number of piperidine rings is 1. The van der Waals surface area contributed by atoms with Crippen molar-refractivity contribution < 1.29 is 18.4 Å². The molecule has 2 N–H and O–H groups in total. The van der Waals surface area contributed by atoms with Crippen molar-refractivity contribution in [2.24, 2.45) is 11.8 Å². The molecule has 1 aromatic rings. The molecule has 0 spiro atoms. The van der Waals surface area contributed by atoms with Crippen molar-refractivity contribution in [3.05, 3.63) is 29.8 Å². The van der Waals surface area contributed by atoms with Crippen LogP contribution < -0.4 is 10.6 Å². The van der Waals surface area contributed by atoms with Gasteiger partial charge >= 0.3 is 0 Å². The maximum absolute atomic E-state index is 13.7. The van der Waals surface area contributed by atoms with Crippen LogP contribution in [0, 0.1) is 23.5 Å². The van der Waals surface area contributed by atoms with Crippen molar-refractivity contribution in [3.63, 3.8) is 0 Å². The lowest BCUT2D eigenvalue weighted by Crippen LogP contribution is -2.49. The van der Waals surface area contributed by atoms with Gasteiger partial charge in [-0.15, -0.1) is 0 Å². The summed E-state index contributed by atoms with van der Waals surface area (Å²) in [4.78, 5) is 26.2. The molecule has 5 nitrogen and oxygen atoms in total. The smallest absolute Gasteiger partial charge is 0.241 e. The predicted octanol–water partition coefficient (Wildman–Crippen LogP) is 2.78. The van der Waals surface area contributed by atoms with Gasteiger partial charge in [0.1, 0.15) is 11.6 Å². The van der Waals surface area contributed by atoms with E-state index in [0.29, 0.717) is 13.1 Å². The highest BCUT2D eigenvalue weighted by atomic mass is 19.1. The zero-order chi connectivity index (χ0) is 19.3. The van der Waals surface area contributed by atoms with E-state index in [1.165, 1.54) is 6.07 Å². The van der Waals surface area contributed by atoms with E-state index in [4.69, 9.17) is 0 Å². The van der Waals surface area contributed by atoms with Crippen LogP contribution in [0.5, 0.6) is 0 Å². The minimum Gasteiger partial charge on any atom is -0.356 e. The summed E-state index contributed by atoms with van der Waals surface area (Å²) in [5, 5.41) is 5.46. The zero-order valence-corrected chi connectivity index (χ0v) is 15.5. The van der Waals surface area contributed by atoms with Crippen molar-refractivity contribution >= 4 is 17.5 Å². The Bertz CT molecular complexity index is 652. The average Bonchev–Trinajstić information content (AvgIpc) is 2.61. The van der Waals surface area contributed by atoms with Gasteiger partial charge in [-0.2, -0.15) is 0 Å². The van der Waals surface area contributed by atoms with E-state index in [2.05, 4.69) is 10.6 Å². The fourth-order valence-electron chi connectivity index (χ4n) is 3.06. The topological polar surface area (TPSA) is 61.4 Å². The number of hydrogen-bond donors (Lipinski definition) is 2. The SMILES string of the molecule is CC(C)C(=O)NCC1CCCN(C(C)C(=O)Nc2ccc(F)cc2F)C1. The van der Waals surface area contributed by atoms with E-state index in [9.17, 15) is 18.4 Å². The van der Waals surface area contributed by atoms with Crippen LogP contribution in [-0.4, -0.2) is 42.4 Å². The van der Waals surface area contributed by atoms with Gasteiger partial charge in [0, 0.05) is 25.1 Å². The van der Waals surface area contributed by atoms with Crippen LogP contribution in [0.2, 0.25) is 0 Å². The molecule has 144 valence electrons. The van der Waals surface area contributed by atoms with E-state index in [-0.39, 0.29) is 29.3 Å². The second kappa shape index (κ2) is 9.07. The third kappa shape index (κ3) is 5.49. The lowest BCUT2D eigenvalue weighted by atomic mass is 9.96. The number of likely N-dealkylation sites (tertiary alicyclic amines) is 1. The van der Waals surface area contributed by atoms with E-state index >= 15 is 0 Å². The summed E-state index contributed by atoms with van der Waals surface area (Å²) in [5.74, 6) is -1.55. The van der Waals surface area contributed by atoms with Crippen LogP contribution in [0.3, 0.4) is 0 Å². The fraction of sp³-hybridized carbons (Fsp3) is 0.579. The first kappa shape index (κ1) is 20.3. The number of nitrogens with one attached hydrogen (secondary N) is 2. The Labute approximate surface area is 153 Å². The van der Waals surface area contributed by atoms with E-state index in [1.54, 1.807) is 6.92 Å². The minimum atomic E-state index is -0.793. The maximum atomic E-state index is 13.7. The van der Waals surface area contributed by atoms with E-state index in [0.717, 1.165) is 31.5 Å². The van der Waals surface area contributed by atoms with Crippen molar-refractivity contribution in [1.29, 1.82) is 0 Å². The van der Waals surface area contributed by atoms with Crippen LogP contribution in [0.4, 0.5) is 14.5 Å². The van der Waals surface area contributed by atoms with Crippen LogP contribution in [0.1, 0.15) is 33.6 Å². The van der Waals surface area contributed by atoms with Gasteiger partial charge < -0.3 is 10.6 Å². The number of rotatable bonds is 6. The quantitative estimate of drug-likeness (QED) is 0.813. The van der Waals surface area contributed by atoms with Crippen LogP contribution in [-0.2, 0) is 9.59 Å². The molecule has 1 aliphatic rings. The summed E-state index contributed by atoms with van der Waals surface area (Å²) >= 11 is 0. The molecule has 1 aliphatic heterocycles. The molecule has 0 aromatic heterocycles. The van der Waals surface area contributed by atoms with Crippen LogP contribution >= 0.6 is 0 Å². The second-order valence-electron chi connectivity index (χ2n) is 7.19. The number of benzene rings is 1. The lowest BCUT2D eigenvalue weighted by Gasteiger charge is -2.36. The fourth-order valence-corrected chi connectivity index (χ4v) is 3.06. The Hall–Kier alpha value is -2.02. The number of carbonyl (C=O) groups excluding carboxylic acids is 2. The molecule has 1 aromatic carbocycles. The number of carbonyl (C=O) groups is 2. The molecular weight excluding hydrogens is 340 g/mol. The molecule has 26 heavy (non-hydrogen) atoms. The monoisotopic (exact) mass is 367 g/mol. The second-order valence-corrected chi connectivity index (χ2v) is 7.19. The van der Waals surface area contributed by atoms with Crippen molar-refractivity contribution in [2.75, 3.05) is 25.0 Å². The van der Waals surface area contributed by atoms with Gasteiger partial charge in [0.05, 0.1) is 11.7 Å². The molecule has 1 saturated heterocycles. The molecule has 2 amide bonds. The van der Waals surface area contributed by atoms with E-state index < -0.39 is 17.7 Å². The van der Waals surface area contributed by atoms with Gasteiger partial charge in [-0.05, 0) is 44.4 Å². The highest BCUT2D eigenvalue weighted by Crippen LogP contribution is 2.20. The summed E-state index contributed by atoms with van der Waals surface area (Å²) in [6.45, 7) is 7.53. The summed E-state index contributed by atoms with van der Waals surface area (Å²) in [6.07, 6.45) is 1.93. The highest BCUT2D eigenvalue weighted by molar-refractivity contribution is 5.94. The number of hydrogen-bond acceptors (Lipinski definition) is 3. The zero-order valence-electron chi connectivity index (χ0n) is 15.5. The number of anilines is 1. The number of amides is 2. The molecular formula is C19H27F2N3O2. The standard InChI is InChI=1S/C19H27F2N3O2/c1-12(2)18(25)22-10-14-5-4-8-24(11-14)13(3)19(26)23-17-7-6-15(20)9-16(17)21/h6-7,9,12-14H,4-5,8,10-11H2,1-3H3,(H,22,25)(H,23,26). The highest BCUT2D eigenvalue weighted by Gasteiger charge is 2.28. The molecule has 1 fully saturated rings. The molecule has 2 atom stereocenters. The predicted molar refractivity (Wildman–Crippen MR) is 96.6 cm³/mol. The summed E-state index contributed by atoms with van der Waals surface area (Å²) in [7, 11) is 0. The van der Waals surface area contributed by atoms with E-state index in [1.807, 2.05) is 18.7 Å². The Morgan fingerprint density at radius 2 is 1.96 bits per heavy atom. The first-order valence-corrected chi connectivity index (χ1v) is 9.05. The molecule has 0 saturated carbocycles. The molecule has 1 heterocycles. The summed E-state index contributed by atoms with van der Waals surface area (Å²) in [6, 6.07) is 2.63. The Kier molecular flexibility index (Phi) is 7.08. The summed E-state index contributed by atoms with van der Waals surface area (Å²) in [5.41, 5.74) is -0.0268. The molecule has 0 radical (unpaired) electrons. The van der Waals surface area contributed by atoms with Gasteiger partial charge in [-0.1, -0.05) is 13.8 Å². The normalized spacial score (nSPS) is 19.2. The summed E-state index contributed by atoms with van der Waals surface area (Å²) < 4.78 is 26.7. The minimum absolute atomic E-state index is 0.0268. The van der Waals surface area contributed by atoms with Crippen molar-refractivity contribution in [3.8, 4) is 0 Å². The first-order valence-electron chi connectivity index (χ1n) is 9.05. The number of nitrogens with zero attached hydrogens (tertiary/aromatic N) is 1. The molecule has 7 heteroatoms. The largest absolute Gasteiger partial charge is 0.356 e. The Balaban J connectivity index is 1.90. The Morgan fingerprint density at radius 1 is 1.23 bits per heavy atom. The molecule has 2 rings (SSSR count). The van der Waals surface area contributed by atoms with Gasteiger partial charge in [-0.25, -0.2) is 8.78 Å². The van der Waals surface area contributed by atoms with Gasteiger partial charge in [0.25, 0.3) is 0 Å². The average molecular weight is 367 g/mol. The third-order valence-corrected chi connectivity index (χ3v) is 4.76. The first-order chi connectivity index (χ1) is 12.3. The maximum Gasteiger partial charge on any atom is 0.241 e. The Morgan fingerprint density at radius 3 is 2.62 bits per heavy atom. The van der Waals surface area contributed by atoms with Crippen LogP contribution in [0.15, 0.2) is 18.2 Å². The van der Waals surface area contributed by atoms with Gasteiger partial charge in [0.15, 0.2) is 0 Å². The molecule has 0 bridgehead atoms. The third-order valence-electron chi connectivity index (χ3n) is 4.76. The van der Waals surface area contributed by atoms with Crippen LogP contribution in [0.25, 0.3) is 0 Å². The lowest BCUT2D eigenvalue weighted by molar-refractivity contribution is -0.125. The van der Waals surface area contributed by atoms with Crippen molar-refractivity contribution in [2.45, 2.75) is 39.7 Å². The van der Waals surface area contributed by atoms with Gasteiger partial charge in [0.2, 0.25) is 11.8 Å². The molecule has 0 aliphatic carbocycles. The van der Waals surface area contributed by atoms with Crippen molar-refractivity contribution in [1.82, 2.24) is 10.2 Å².